The van der Waals surface area contributed by atoms with Gasteiger partial charge in [-0.3, -0.25) is 4.79 Å². The maximum absolute atomic E-state index is 12.3. The summed E-state index contributed by atoms with van der Waals surface area (Å²) < 4.78 is 0.821. The van der Waals surface area contributed by atoms with Gasteiger partial charge in [-0.25, -0.2) is 0 Å². The molecule has 2 aromatic rings. The topological polar surface area (TPSA) is 29.1 Å². The Morgan fingerprint density at radius 1 is 1.00 bits per heavy atom. The fraction of sp³-hybridized carbons (Fsp3) is 0.0714. The molecule has 0 aromatic heterocycles. The molecule has 0 radical (unpaired) electrons. The van der Waals surface area contributed by atoms with E-state index in [1.165, 1.54) is 0 Å². The number of halogens is 3. The van der Waals surface area contributed by atoms with E-state index in [1.807, 2.05) is 30.3 Å². The Hall–Kier alpha value is -1.03. The predicted molar refractivity (Wildman–Crippen MR) is 82.1 cm³/mol. The second kappa shape index (κ2) is 4.82. The zero-order valence-corrected chi connectivity index (χ0v) is 12.7. The Balaban J connectivity index is 2.18. The molecule has 0 fully saturated rings. The van der Waals surface area contributed by atoms with Crippen molar-refractivity contribution in [2.24, 2.45) is 0 Å². The fourth-order valence-electron chi connectivity index (χ4n) is 2.27. The lowest BCUT2D eigenvalue weighted by atomic mass is 10.1. The van der Waals surface area contributed by atoms with E-state index in [4.69, 9.17) is 23.2 Å². The van der Waals surface area contributed by atoms with Gasteiger partial charge in [0.1, 0.15) is 0 Å². The second-order valence-corrected chi connectivity index (χ2v) is 6.15. The number of hydrogen-bond donors (Lipinski definition) is 1. The quantitative estimate of drug-likeness (QED) is 0.526. The smallest absolute Gasteiger partial charge is 0.194 e. The Labute approximate surface area is 128 Å². The van der Waals surface area contributed by atoms with E-state index in [0.717, 1.165) is 21.2 Å². The fourth-order valence-corrected chi connectivity index (χ4v) is 2.97. The van der Waals surface area contributed by atoms with Crippen molar-refractivity contribution < 1.29 is 4.79 Å². The van der Waals surface area contributed by atoms with Crippen LogP contribution in [-0.2, 0) is 0 Å². The van der Waals surface area contributed by atoms with Crippen molar-refractivity contribution in [3.05, 3.63) is 52.0 Å². The number of alkyl halides is 2. The Bertz CT molecular complexity index is 685. The maximum Gasteiger partial charge on any atom is 0.194 e. The molecule has 3 rings (SSSR count). The van der Waals surface area contributed by atoms with Crippen LogP contribution < -0.4 is 5.32 Å². The Morgan fingerprint density at radius 3 is 2.37 bits per heavy atom. The SMILES string of the molecule is O=C1c2ccccc2-c2cc(Br)c(NC(Cl)Cl)cc21. The van der Waals surface area contributed by atoms with Crippen molar-refractivity contribution in [2.75, 3.05) is 5.32 Å². The molecule has 0 aliphatic heterocycles. The van der Waals surface area contributed by atoms with Crippen LogP contribution in [-0.4, -0.2) is 10.7 Å². The summed E-state index contributed by atoms with van der Waals surface area (Å²) in [6.07, 6.45) is 0. The molecule has 0 saturated carbocycles. The summed E-state index contributed by atoms with van der Waals surface area (Å²) in [5.74, 6) is 0.0295. The van der Waals surface area contributed by atoms with Gasteiger partial charge in [0.25, 0.3) is 0 Å². The van der Waals surface area contributed by atoms with Crippen molar-refractivity contribution >= 4 is 50.6 Å². The monoisotopic (exact) mass is 355 g/mol. The number of ketones is 1. The molecule has 1 aliphatic carbocycles. The zero-order chi connectivity index (χ0) is 13.6. The molecule has 1 aliphatic rings. The summed E-state index contributed by atoms with van der Waals surface area (Å²) in [4.78, 5) is 11.6. The van der Waals surface area contributed by atoms with Gasteiger partial charge in [0.2, 0.25) is 0 Å². The Morgan fingerprint density at radius 2 is 1.68 bits per heavy atom. The first kappa shape index (κ1) is 13.0. The van der Waals surface area contributed by atoms with Crippen LogP contribution in [0.4, 0.5) is 5.69 Å². The first-order valence-electron chi connectivity index (χ1n) is 5.60. The van der Waals surface area contributed by atoms with Crippen LogP contribution in [0.25, 0.3) is 11.1 Å². The van der Waals surface area contributed by atoms with Crippen molar-refractivity contribution in [1.82, 2.24) is 0 Å². The molecule has 0 atom stereocenters. The number of fused-ring (bicyclic) bond motifs is 3. The van der Waals surface area contributed by atoms with Gasteiger partial charge in [0, 0.05) is 15.6 Å². The van der Waals surface area contributed by atoms with E-state index in [-0.39, 0.29) is 5.78 Å². The molecule has 0 spiro atoms. The number of hydrogen-bond acceptors (Lipinski definition) is 2. The van der Waals surface area contributed by atoms with E-state index in [2.05, 4.69) is 21.2 Å². The summed E-state index contributed by atoms with van der Waals surface area (Å²) in [5.41, 5.74) is 3.99. The minimum absolute atomic E-state index is 0.0295. The zero-order valence-electron chi connectivity index (χ0n) is 9.58. The van der Waals surface area contributed by atoms with Crippen LogP contribution in [0.15, 0.2) is 40.9 Å². The van der Waals surface area contributed by atoms with E-state index >= 15 is 0 Å². The van der Waals surface area contributed by atoms with E-state index in [1.54, 1.807) is 6.07 Å². The summed E-state index contributed by atoms with van der Waals surface area (Å²) in [5, 5.41) is 2.88. The minimum atomic E-state index is -0.728. The third kappa shape index (κ3) is 2.16. The highest BCUT2D eigenvalue weighted by atomic mass is 79.9. The van der Waals surface area contributed by atoms with Gasteiger partial charge in [-0.1, -0.05) is 47.5 Å². The van der Waals surface area contributed by atoms with Crippen LogP contribution in [0.1, 0.15) is 15.9 Å². The number of carbonyl (C=O) groups is 1. The molecule has 0 heterocycles. The molecule has 5 heteroatoms. The van der Waals surface area contributed by atoms with Gasteiger partial charge in [-0.15, -0.1) is 0 Å². The highest BCUT2D eigenvalue weighted by molar-refractivity contribution is 9.10. The van der Waals surface area contributed by atoms with E-state index in [9.17, 15) is 4.79 Å². The molecule has 2 aromatic carbocycles. The van der Waals surface area contributed by atoms with E-state index in [0.29, 0.717) is 11.3 Å². The summed E-state index contributed by atoms with van der Waals surface area (Å²) in [6, 6.07) is 11.3. The predicted octanol–water partition coefficient (Wildman–Crippen LogP) is 4.83. The largest absolute Gasteiger partial charge is 0.356 e. The highest BCUT2D eigenvalue weighted by Gasteiger charge is 2.27. The molecule has 0 amide bonds. The third-order valence-corrected chi connectivity index (χ3v) is 3.95. The van der Waals surface area contributed by atoms with Crippen LogP contribution in [0.2, 0.25) is 0 Å². The summed E-state index contributed by atoms with van der Waals surface area (Å²) in [6.45, 7) is 0. The minimum Gasteiger partial charge on any atom is -0.356 e. The molecule has 0 unspecified atom stereocenters. The number of carbonyl (C=O) groups excluding carboxylic acids is 1. The number of rotatable bonds is 2. The standard InChI is InChI=1S/C14H8BrCl2NO/c15-11-5-9-7-3-1-2-4-8(7)13(19)10(9)6-12(11)18-14(16)17/h1-6,14,18H. The van der Waals surface area contributed by atoms with Crippen LogP contribution in [0.5, 0.6) is 0 Å². The third-order valence-electron chi connectivity index (χ3n) is 3.08. The van der Waals surface area contributed by atoms with Crippen molar-refractivity contribution in [3.63, 3.8) is 0 Å². The molecule has 0 saturated heterocycles. The highest BCUT2D eigenvalue weighted by Crippen LogP contribution is 2.41. The van der Waals surface area contributed by atoms with E-state index < -0.39 is 4.96 Å². The van der Waals surface area contributed by atoms with Crippen molar-refractivity contribution in [1.29, 1.82) is 0 Å². The molecule has 2 nitrogen and oxygen atoms in total. The lowest BCUT2D eigenvalue weighted by Gasteiger charge is -2.11. The Kier molecular flexibility index (Phi) is 3.29. The molecule has 96 valence electrons. The van der Waals surface area contributed by atoms with Gasteiger partial charge in [-0.2, -0.15) is 0 Å². The van der Waals surface area contributed by atoms with Crippen molar-refractivity contribution in [2.45, 2.75) is 4.96 Å². The summed E-state index contributed by atoms with van der Waals surface area (Å²) in [7, 11) is 0. The van der Waals surface area contributed by atoms with Crippen LogP contribution >= 0.6 is 39.1 Å². The van der Waals surface area contributed by atoms with Gasteiger partial charge in [0.15, 0.2) is 10.7 Å². The average Bonchev–Trinajstić information content (AvgIpc) is 2.64. The molecular weight excluding hydrogens is 349 g/mol. The normalized spacial score (nSPS) is 12.5. The first-order chi connectivity index (χ1) is 9.08. The second-order valence-electron chi connectivity index (χ2n) is 4.20. The first-order valence-corrected chi connectivity index (χ1v) is 7.27. The molecular formula is C14H8BrCl2NO. The molecule has 0 bridgehead atoms. The van der Waals surface area contributed by atoms with Crippen LogP contribution in [0.3, 0.4) is 0 Å². The number of benzene rings is 2. The summed E-state index contributed by atoms with van der Waals surface area (Å²) >= 11 is 14.9. The number of nitrogens with one attached hydrogen (secondary N) is 1. The van der Waals surface area contributed by atoms with Gasteiger partial charge in [0.05, 0.1) is 5.69 Å². The lowest BCUT2D eigenvalue weighted by molar-refractivity contribution is 0.104. The van der Waals surface area contributed by atoms with Gasteiger partial charge < -0.3 is 5.32 Å². The number of anilines is 1. The average molecular weight is 357 g/mol. The van der Waals surface area contributed by atoms with Crippen LogP contribution in [0, 0.1) is 0 Å². The maximum atomic E-state index is 12.3. The lowest BCUT2D eigenvalue weighted by Crippen LogP contribution is -2.05. The van der Waals surface area contributed by atoms with Gasteiger partial charge in [-0.05, 0) is 39.2 Å². The molecule has 19 heavy (non-hydrogen) atoms. The molecule has 1 N–H and O–H groups in total. The van der Waals surface area contributed by atoms with Gasteiger partial charge >= 0.3 is 0 Å². The van der Waals surface area contributed by atoms with Crippen molar-refractivity contribution in [3.8, 4) is 11.1 Å².